The van der Waals surface area contributed by atoms with Crippen molar-refractivity contribution in [1.29, 1.82) is 0 Å². The Hall–Kier alpha value is -2.41. The fraction of sp³-hybridized carbons (Fsp3) is 0.400. The summed E-state index contributed by atoms with van der Waals surface area (Å²) in [6.45, 7) is 2.15. The van der Waals surface area contributed by atoms with Gasteiger partial charge in [0.15, 0.2) is 0 Å². The lowest BCUT2D eigenvalue weighted by Gasteiger charge is -2.26. The molecule has 2 aliphatic rings. The molecule has 0 unspecified atom stereocenters. The number of benzene rings is 1. The van der Waals surface area contributed by atoms with E-state index in [1.165, 1.54) is 5.01 Å². The Bertz CT molecular complexity index is 596. The Labute approximate surface area is 128 Å². The van der Waals surface area contributed by atoms with Gasteiger partial charge in [-0.3, -0.25) is 14.6 Å². The molecule has 22 heavy (non-hydrogen) atoms. The van der Waals surface area contributed by atoms with Crippen LogP contribution in [0.1, 0.15) is 6.42 Å². The Balaban J connectivity index is 1.83. The predicted octanol–water partition coefficient (Wildman–Crippen LogP) is -0.0346. The van der Waals surface area contributed by atoms with E-state index in [9.17, 15) is 9.59 Å². The first-order chi connectivity index (χ1) is 10.7. The lowest BCUT2D eigenvalue weighted by Crippen LogP contribution is -2.44. The number of ether oxygens (including phenoxy) is 1. The van der Waals surface area contributed by atoms with E-state index in [0.29, 0.717) is 32.0 Å². The zero-order valence-corrected chi connectivity index (χ0v) is 12.1. The maximum atomic E-state index is 12.5. The van der Waals surface area contributed by atoms with Gasteiger partial charge in [0.05, 0.1) is 18.9 Å². The monoisotopic (exact) mass is 302 g/mol. The number of para-hydroxylation sites is 1. The van der Waals surface area contributed by atoms with Crippen LogP contribution in [0.15, 0.2) is 35.4 Å². The number of nitrogens with zero attached hydrogens (tertiary/aromatic N) is 3. The molecule has 0 aromatic heterocycles. The molecule has 7 heteroatoms. The molecular formula is C15H18N4O3. The molecule has 1 aromatic carbocycles. The number of primary amides is 1. The third kappa shape index (κ3) is 2.80. The molecule has 1 saturated heterocycles. The lowest BCUT2D eigenvalue weighted by atomic mass is 10.1. The largest absolute Gasteiger partial charge is 0.378 e. The van der Waals surface area contributed by atoms with Gasteiger partial charge in [-0.15, -0.1) is 0 Å². The lowest BCUT2D eigenvalue weighted by molar-refractivity contribution is -0.128. The van der Waals surface area contributed by atoms with Gasteiger partial charge < -0.3 is 15.4 Å². The summed E-state index contributed by atoms with van der Waals surface area (Å²) < 4.78 is 5.24. The van der Waals surface area contributed by atoms with Gasteiger partial charge in [0.1, 0.15) is 11.8 Å². The molecule has 0 radical (unpaired) electrons. The van der Waals surface area contributed by atoms with E-state index in [1.54, 1.807) is 4.90 Å². The second-order valence-electron chi connectivity index (χ2n) is 5.25. The number of carbonyl (C=O) groups is 2. The van der Waals surface area contributed by atoms with Gasteiger partial charge in [-0.1, -0.05) is 18.2 Å². The topological polar surface area (TPSA) is 88.2 Å². The van der Waals surface area contributed by atoms with Crippen molar-refractivity contribution in [1.82, 2.24) is 4.90 Å². The van der Waals surface area contributed by atoms with Crippen LogP contribution >= 0.6 is 0 Å². The molecule has 1 fully saturated rings. The summed E-state index contributed by atoms with van der Waals surface area (Å²) in [6.07, 6.45) is 0.237. The molecule has 2 aliphatic heterocycles. The van der Waals surface area contributed by atoms with Crippen LogP contribution in [0.5, 0.6) is 0 Å². The summed E-state index contributed by atoms with van der Waals surface area (Å²) in [4.78, 5) is 25.9. The number of anilines is 1. The highest BCUT2D eigenvalue weighted by Gasteiger charge is 2.36. The molecule has 2 N–H and O–H groups in total. The van der Waals surface area contributed by atoms with E-state index in [2.05, 4.69) is 5.10 Å². The second-order valence-corrected chi connectivity index (χ2v) is 5.25. The van der Waals surface area contributed by atoms with Gasteiger partial charge in [0, 0.05) is 19.5 Å². The van der Waals surface area contributed by atoms with Crippen molar-refractivity contribution in [2.45, 2.75) is 12.5 Å². The van der Waals surface area contributed by atoms with Crippen molar-refractivity contribution in [2.24, 2.45) is 10.8 Å². The van der Waals surface area contributed by atoms with E-state index in [-0.39, 0.29) is 12.3 Å². The van der Waals surface area contributed by atoms with E-state index in [1.807, 2.05) is 30.3 Å². The third-order valence-corrected chi connectivity index (χ3v) is 3.80. The van der Waals surface area contributed by atoms with E-state index in [0.717, 1.165) is 5.69 Å². The molecule has 2 amide bonds. The van der Waals surface area contributed by atoms with Crippen LogP contribution in [0.25, 0.3) is 0 Å². The fourth-order valence-electron chi connectivity index (χ4n) is 2.63. The van der Waals surface area contributed by atoms with Crippen molar-refractivity contribution in [3.05, 3.63) is 30.3 Å². The Morgan fingerprint density at radius 3 is 2.50 bits per heavy atom. The molecule has 1 aromatic rings. The Kier molecular flexibility index (Phi) is 4.06. The van der Waals surface area contributed by atoms with Gasteiger partial charge in [0.25, 0.3) is 5.91 Å². The number of hydrazone groups is 1. The first kappa shape index (κ1) is 14.5. The highest BCUT2D eigenvalue weighted by molar-refractivity contribution is 6.40. The minimum Gasteiger partial charge on any atom is -0.378 e. The van der Waals surface area contributed by atoms with Crippen molar-refractivity contribution in [2.75, 3.05) is 31.3 Å². The Morgan fingerprint density at radius 2 is 1.86 bits per heavy atom. The molecular weight excluding hydrogens is 284 g/mol. The number of rotatable bonds is 3. The molecule has 0 saturated carbocycles. The number of nitrogens with two attached hydrogens (primary N) is 1. The highest BCUT2D eigenvalue weighted by Crippen LogP contribution is 2.25. The molecule has 1 atom stereocenters. The molecule has 116 valence electrons. The Morgan fingerprint density at radius 1 is 1.18 bits per heavy atom. The average Bonchev–Trinajstić information content (AvgIpc) is 3.01. The first-order valence-electron chi connectivity index (χ1n) is 7.25. The highest BCUT2D eigenvalue weighted by atomic mass is 16.5. The minimum atomic E-state index is -0.623. The zero-order chi connectivity index (χ0) is 15.5. The third-order valence-electron chi connectivity index (χ3n) is 3.80. The van der Waals surface area contributed by atoms with Gasteiger partial charge in [-0.05, 0) is 12.1 Å². The van der Waals surface area contributed by atoms with Crippen LogP contribution in [0.3, 0.4) is 0 Å². The predicted molar refractivity (Wildman–Crippen MR) is 81.4 cm³/mol. The summed E-state index contributed by atoms with van der Waals surface area (Å²) >= 11 is 0. The maximum Gasteiger partial charge on any atom is 0.270 e. The second kappa shape index (κ2) is 6.15. The molecule has 2 heterocycles. The van der Waals surface area contributed by atoms with Crippen LogP contribution < -0.4 is 10.7 Å². The minimum absolute atomic E-state index is 0.145. The van der Waals surface area contributed by atoms with Crippen molar-refractivity contribution < 1.29 is 14.3 Å². The molecule has 0 spiro atoms. The SMILES string of the molecule is NC(=O)[C@@H]1CC(C(=O)N2CCOCC2)=NN1c1ccccc1. The van der Waals surface area contributed by atoms with Gasteiger partial charge in [0.2, 0.25) is 5.91 Å². The normalized spacial score (nSPS) is 21.6. The van der Waals surface area contributed by atoms with Gasteiger partial charge in [-0.25, -0.2) is 0 Å². The molecule has 7 nitrogen and oxygen atoms in total. The number of amides is 2. The molecule has 3 rings (SSSR count). The van der Waals surface area contributed by atoms with Gasteiger partial charge >= 0.3 is 0 Å². The smallest absolute Gasteiger partial charge is 0.270 e. The number of morpholine rings is 1. The number of hydrogen-bond acceptors (Lipinski definition) is 5. The van der Waals surface area contributed by atoms with E-state index < -0.39 is 11.9 Å². The quantitative estimate of drug-likeness (QED) is 0.849. The van der Waals surface area contributed by atoms with Crippen LogP contribution in [0, 0.1) is 0 Å². The number of hydrogen-bond donors (Lipinski definition) is 1. The fourth-order valence-corrected chi connectivity index (χ4v) is 2.63. The first-order valence-corrected chi connectivity index (χ1v) is 7.25. The van der Waals surface area contributed by atoms with Crippen molar-refractivity contribution >= 4 is 23.2 Å². The van der Waals surface area contributed by atoms with Gasteiger partial charge in [-0.2, -0.15) is 5.10 Å². The van der Waals surface area contributed by atoms with Crippen molar-refractivity contribution in [3.63, 3.8) is 0 Å². The molecule has 0 bridgehead atoms. The van der Waals surface area contributed by atoms with Crippen LogP contribution in [0.2, 0.25) is 0 Å². The van der Waals surface area contributed by atoms with Crippen molar-refractivity contribution in [3.8, 4) is 0 Å². The number of carbonyl (C=O) groups excluding carboxylic acids is 2. The van der Waals surface area contributed by atoms with E-state index >= 15 is 0 Å². The summed E-state index contributed by atoms with van der Waals surface area (Å²) in [5.41, 5.74) is 6.58. The summed E-state index contributed by atoms with van der Waals surface area (Å²) in [5, 5.41) is 5.89. The van der Waals surface area contributed by atoms with Crippen LogP contribution in [-0.2, 0) is 14.3 Å². The summed E-state index contributed by atoms with van der Waals surface area (Å²) in [6, 6.07) is 8.63. The van der Waals surface area contributed by atoms with E-state index in [4.69, 9.17) is 10.5 Å². The van der Waals surface area contributed by atoms with Crippen LogP contribution in [-0.4, -0.2) is 54.8 Å². The summed E-state index contributed by atoms with van der Waals surface area (Å²) in [5.74, 6) is -0.634. The summed E-state index contributed by atoms with van der Waals surface area (Å²) in [7, 11) is 0. The maximum absolute atomic E-state index is 12.5. The standard InChI is InChI=1S/C15H18N4O3/c16-14(20)13-10-12(15(21)18-6-8-22-9-7-18)17-19(13)11-4-2-1-3-5-11/h1-5,13H,6-10H2,(H2,16,20)/t13-/m0/s1. The van der Waals surface area contributed by atoms with Crippen LogP contribution in [0.4, 0.5) is 5.69 Å². The zero-order valence-electron chi connectivity index (χ0n) is 12.1. The molecule has 0 aliphatic carbocycles. The average molecular weight is 302 g/mol.